The van der Waals surface area contributed by atoms with E-state index in [4.69, 9.17) is 0 Å². The van der Waals surface area contributed by atoms with Crippen molar-refractivity contribution in [1.29, 1.82) is 0 Å². The quantitative estimate of drug-likeness (QED) is 0.788. The van der Waals surface area contributed by atoms with Gasteiger partial charge in [-0.1, -0.05) is 17.4 Å². The minimum Gasteiger partial charge on any atom is -0.264 e. The van der Waals surface area contributed by atoms with Crippen molar-refractivity contribution in [3.8, 4) is 0 Å². The largest absolute Gasteiger partial charge is 0.264 e. The molecule has 0 amide bonds. The highest BCUT2D eigenvalue weighted by molar-refractivity contribution is 5.66. The van der Waals surface area contributed by atoms with E-state index in [1.165, 1.54) is 0 Å². The summed E-state index contributed by atoms with van der Waals surface area (Å²) >= 11 is 0. The van der Waals surface area contributed by atoms with Crippen LogP contribution < -0.4 is 0 Å². The van der Waals surface area contributed by atoms with Gasteiger partial charge in [-0.3, -0.25) is 4.98 Å². The van der Waals surface area contributed by atoms with Crippen molar-refractivity contribution in [3.05, 3.63) is 42.0 Å². The molecule has 0 aliphatic heterocycles. The van der Waals surface area contributed by atoms with Crippen LogP contribution >= 0.6 is 0 Å². The van der Waals surface area contributed by atoms with Gasteiger partial charge < -0.3 is 0 Å². The van der Waals surface area contributed by atoms with Crippen molar-refractivity contribution in [2.24, 2.45) is 0 Å². The Balaban J connectivity index is 2.12. The van der Waals surface area contributed by atoms with Gasteiger partial charge in [-0.2, -0.15) is 0 Å². The van der Waals surface area contributed by atoms with Gasteiger partial charge in [-0.05, 0) is 31.6 Å². The Morgan fingerprint density at radius 3 is 2.81 bits per heavy atom. The minimum absolute atomic E-state index is 0.341. The summed E-state index contributed by atoms with van der Waals surface area (Å²) in [5.41, 5.74) is 1.92. The number of nitrogens with zero attached hydrogens (tertiary/aromatic N) is 4. The molecule has 0 bridgehead atoms. The predicted molar refractivity (Wildman–Crippen MR) is 63.6 cm³/mol. The number of rotatable bonds is 3. The molecule has 0 fully saturated rings. The molecular formula is C12H14N4. The van der Waals surface area contributed by atoms with Crippen LogP contribution in [0.1, 0.15) is 31.1 Å². The van der Waals surface area contributed by atoms with E-state index in [-0.39, 0.29) is 0 Å². The first-order valence-electron chi connectivity index (χ1n) is 5.25. The molecule has 2 aromatic rings. The molecule has 2 rings (SSSR count). The van der Waals surface area contributed by atoms with Gasteiger partial charge in [0.2, 0.25) is 0 Å². The van der Waals surface area contributed by atoms with Gasteiger partial charge in [-0.15, -0.1) is 5.10 Å². The number of aromatic nitrogens is 4. The first kappa shape index (κ1) is 10.5. The molecule has 0 spiro atoms. The summed E-state index contributed by atoms with van der Waals surface area (Å²) in [6, 6.07) is 4.24. The van der Waals surface area contributed by atoms with Crippen LogP contribution in [-0.4, -0.2) is 20.0 Å². The monoisotopic (exact) mass is 214 g/mol. The van der Waals surface area contributed by atoms with Crippen LogP contribution in [0.15, 0.2) is 30.7 Å². The van der Waals surface area contributed by atoms with E-state index in [9.17, 15) is 0 Å². The lowest BCUT2D eigenvalue weighted by Gasteiger charge is -2.00. The second-order valence-electron chi connectivity index (χ2n) is 3.84. The Kier molecular flexibility index (Phi) is 3.10. The van der Waals surface area contributed by atoms with Gasteiger partial charge >= 0.3 is 0 Å². The molecule has 0 unspecified atom stereocenters. The smallest absolute Gasteiger partial charge is 0.105 e. The lowest BCUT2D eigenvalue weighted by Crippen LogP contribution is -2.00. The standard InChI is InChI=1S/C12H14N4/c1-10(2)16-9-12(14-15-16)6-5-11-4-3-7-13-8-11/h3-10H,1-2H3/b6-5+. The van der Waals surface area contributed by atoms with Crippen LogP contribution in [-0.2, 0) is 0 Å². The molecule has 16 heavy (non-hydrogen) atoms. The van der Waals surface area contributed by atoms with Crippen molar-refractivity contribution >= 4 is 12.2 Å². The molecule has 4 heteroatoms. The Hall–Kier alpha value is -1.97. The third kappa shape index (κ3) is 2.53. The fourth-order valence-electron chi connectivity index (χ4n) is 1.28. The SMILES string of the molecule is CC(C)n1cc(/C=C/c2cccnc2)nn1. The Labute approximate surface area is 94.6 Å². The van der Waals surface area contributed by atoms with Crippen LogP contribution in [0.5, 0.6) is 0 Å². The predicted octanol–water partition coefficient (Wildman–Crippen LogP) is 2.42. The van der Waals surface area contributed by atoms with E-state index in [0.717, 1.165) is 11.3 Å². The van der Waals surface area contributed by atoms with Gasteiger partial charge in [0.05, 0.1) is 6.20 Å². The summed E-state index contributed by atoms with van der Waals surface area (Å²) in [4.78, 5) is 4.04. The topological polar surface area (TPSA) is 43.6 Å². The molecule has 82 valence electrons. The lowest BCUT2D eigenvalue weighted by atomic mass is 10.2. The molecular weight excluding hydrogens is 200 g/mol. The number of hydrogen-bond donors (Lipinski definition) is 0. The van der Waals surface area contributed by atoms with Gasteiger partial charge in [-0.25, -0.2) is 4.68 Å². The van der Waals surface area contributed by atoms with E-state index >= 15 is 0 Å². The molecule has 0 aliphatic rings. The number of hydrogen-bond acceptors (Lipinski definition) is 3. The maximum absolute atomic E-state index is 4.06. The molecule has 0 aliphatic carbocycles. The first-order valence-corrected chi connectivity index (χ1v) is 5.25. The summed E-state index contributed by atoms with van der Waals surface area (Å²) in [5, 5.41) is 8.09. The van der Waals surface area contributed by atoms with Crippen molar-refractivity contribution in [1.82, 2.24) is 20.0 Å². The average molecular weight is 214 g/mol. The van der Waals surface area contributed by atoms with Crippen LogP contribution in [0, 0.1) is 0 Å². The van der Waals surface area contributed by atoms with E-state index in [1.807, 2.05) is 41.4 Å². The normalized spacial score (nSPS) is 11.4. The Morgan fingerprint density at radius 2 is 2.19 bits per heavy atom. The van der Waals surface area contributed by atoms with E-state index in [2.05, 4.69) is 29.1 Å². The molecule has 0 saturated carbocycles. The second-order valence-corrected chi connectivity index (χ2v) is 3.84. The van der Waals surface area contributed by atoms with E-state index in [0.29, 0.717) is 6.04 Å². The highest BCUT2D eigenvalue weighted by Crippen LogP contribution is 2.06. The fourth-order valence-corrected chi connectivity index (χ4v) is 1.28. The van der Waals surface area contributed by atoms with Crippen LogP contribution in [0.3, 0.4) is 0 Å². The maximum atomic E-state index is 4.06. The maximum Gasteiger partial charge on any atom is 0.105 e. The molecule has 0 aromatic carbocycles. The molecule has 0 radical (unpaired) electrons. The molecule has 4 nitrogen and oxygen atoms in total. The van der Waals surface area contributed by atoms with Crippen LogP contribution in [0.2, 0.25) is 0 Å². The molecule has 2 aromatic heterocycles. The third-order valence-electron chi connectivity index (χ3n) is 2.19. The molecule has 0 saturated heterocycles. The summed E-state index contributed by atoms with van der Waals surface area (Å²) in [6.07, 6.45) is 9.40. The zero-order valence-corrected chi connectivity index (χ0v) is 9.41. The second kappa shape index (κ2) is 4.70. The fraction of sp³-hybridized carbons (Fsp3) is 0.250. The van der Waals surface area contributed by atoms with Crippen molar-refractivity contribution in [2.45, 2.75) is 19.9 Å². The molecule has 0 N–H and O–H groups in total. The Morgan fingerprint density at radius 1 is 1.31 bits per heavy atom. The number of pyridine rings is 1. The van der Waals surface area contributed by atoms with Gasteiger partial charge in [0.25, 0.3) is 0 Å². The van der Waals surface area contributed by atoms with Crippen LogP contribution in [0.25, 0.3) is 12.2 Å². The van der Waals surface area contributed by atoms with Gasteiger partial charge in [0.15, 0.2) is 0 Å². The van der Waals surface area contributed by atoms with Crippen LogP contribution in [0.4, 0.5) is 0 Å². The first-order chi connectivity index (χ1) is 7.75. The van der Waals surface area contributed by atoms with Gasteiger partial charge in [0.1, 0.15) is 5.69 Å². The molecule has 2 heterocycles. The van der Waals surface area contributed by atoms with Crippen molar-refractivity contribution in [2.75, 3.05) is 0 Å². The zero-order valence-electron chi connectivity index (χ0n) is 9.41. The summed E-state index contributed by atoms with van der Waals surface area (Å²) in [5.74, 6) is 0. The highest BCUT2D eigenvalue weighted by atomic mass is 15.4. The summed E-state index contributed by atoms with van der Waals surface area (Å²) < 4.78 is 1.84. The molecule has 0 atom stereocenters. The summed E-state index contributed by atoms with van der Waals surface area (Å²) in [7, 11) is 0. The average Bonchev–Trinajstić information content (AvgIpc) is 2.76. The van der Waals surface area contributed by atoms with E-state index in [1.54, 1.807) is 6.20 Å². The lowest BCUT2D eigenvalue weighted by molar-refractivity contribution is 0.514. The Bertz CT molecular complexity index is 471. The van der Waals surface area contributed by atoms with Gasteiger partial charge in [0, 0.05) is 18.4 Å². The zero-order chi connectivity index (χ0) is 11.4. The summed E-state index contributed by atoms with van der Waals surface area (Å²) in [6.45, 7) is 4.15. The minimum atomic E-state index is 0.341. The van der Waals surface area contributed by atoms with Crippen molar-refractivity contribution in [3.63, 3.8) is 0 Å². The van der Waals surface area contributed by atoms with Crippen molar-refractivity contribution < 1.29 is 0 Å². The highest BCUT2D eigenvalue weighted by Gasteiger charge is 1.99. The van der Waals surface area contributed by atoms with E-state index < -0.39 is 0 Å². The third-order valence-corrected chi connectivity index (χ3v) is 2.19.